The number of methoxy groups -OCH3 is 1. The zero-order valence-electron chi connectivity index (χ0n) is 18.7. The summed E-state index contributed by atoms with van der Waals surface area (Å²) in [6.45, 7) is 4.26. The van der Waals surface area contributed by atoms with Crippen LogP contribution < -0.4 is 9.64 Å². The fourth-order valence-electron chi connectivity index (χ4n) is 3.91. The van der Waals surface area contributed by atoms with Crippen molar-refractivity contribution in [3.8, 4) is 17.2 Å². The van der Waals surface area contributed by atoms with E-state index < -0.39 is 5.92 Å². The number of benzene rings is 2. The lowest BCUT2D eigenvalue weighted by Crippen LogP contribution is -2.41. The first kappa shape index (κ1) is 22.8. The molecule has 8 nitrogen and oxygen atoms in total. The number of nitrogens with zero attached hydrogens (tertiary/aromatic N) is 4. The van der Waals surface area contributed by atoms with E-state index in [9.17, 15) is 9.59 Å². The second-order valence-electron chi connectivity index (χ2n) is 8.12. The average Bonchev–Trinajstić information content (AvgIpc) is 3.43. The molecule has 2 heterocycles. The monoisotopic (exact) mass is 468 g/mol. The van der Waals surface area contributed by atoms with Crippen molar-refractivity contribution < 1.29 is 18.7 Å². The lowest BCUT2D eigenvalue weighted by atomic mass is 10.1. The SMILES string of the molecule is COc1ccccc1N1CC(C(=O)N(Cc2nnc(-c3ccccc3Cl)o2)C(C)C)CC1=O. The summed E-state index contributed by atoms with van der Waals surface area (Å²) in [6.07, 6.45) is 0.134. The van der Waals surface area contributed by atoms with Gasteiger partial charge in [-0.05, 0) is 38.1 Å². The van der Waals surface area contributed by atoms with Gasteiger partial charge in [0.2, 0.25) is 23.6 Å². The van der Waals surface area contributed by atoms with Crippen LogP contribution in [-0.2, 0) is 16.1 Å². The molecule has 1 aliphatic rings. The second kappa shape index (κ2) is 9.62. The molecule has 1 atom stereocenters. The number of carbonyl (C=O) groups is 2. The summed E-state index contributed by atoms with van der Waals surface area (Å²) in [5, 5.41) is 8.69. The van der Waals surface area contributed by atoms with Crippen molar-refractivity contribution >= 4 is 29.1 Å². The van der Waals surface area contributed by atoms with Gasteiger partial charge in [-0.2, -0.15) is 0 Å². The van der Waals surface area contributed by atoms with Gasteiger partial charge < -0.3 is 19.0 Å². The van der Waals surface area contributed by atoms with Crippen LogP contribution in [0.5, 0.6) is 5.75 Å². The molecule has 1 aromatic heterocycles. The predicted octanol–water partition coefficient (Wildman–Crippen LogP) is 4.19. The van der Waals surface area contributed by atoms with Gasteiger partial charge in [-0.15, -0.1) is 10.2 Å². The Bertz CT molecular complexity index is 1160. The van der Waals surface area contributed by atoms with Crippen LogP contribution in [0.4, 0.5) is 5.69 Å². The smallest absolute Gasteiger partial charge is 0.249 e. The number of ether oxygens (including phenoxy) is 1. The Morgan fingerprint density at radius 3 is 2.67 bits per heavy atom. The van der Waals surface area contributed by atoms with Gasteiger partial charge in [0.15, 0.2) is 0 Å². The second-order valence-corrected chi connectivity index (χ2v) is 8.53. The number of hydrogen-bond donors (Lipinski definition) is 0. The molecule has 0 spiro atoms. The van der Waals surface area contributed by atoms with Crippen molar-refractivity contribution in [2.75, 3.05) is 18.6 Å². The molecule has 0 aliphatic carbocycles. The topological polar surface area (TPSA) is 88.8 Å². The third-order valence-corrected chi connectivity index (χ3v) is 5.96. The molecule has 1 unspecified atom stereocenters. The van der Waals surface area contributed by atoms with Gasteiger partial charge in [0, 0.05) is 19.0 Å². The van der Waals surface area contributed by atoms with Gasteiger partial charge in [0.05, 0.1) is 35.8 Å². The van der Waals surface area contributed by atoms with Crippen LogP contribution in [0.3, 0.4) is 0 Å². The van der Waals surface area contributed by atoms with Crippen LogP contribution in [0.1, 0.15) is 26.2 Å². The minimum absolute atomic E-state index is 0.111. The van der Waals surface area contributed by atoms with Crippen LogP contribution in [0, 0.1) is 5.92 Å². The first-order valence-electron chi connectivity index (χ1n) is 10.7. The molecule has 2 amide bonds. The van der Waals surface area contributed by atoms with Gasteiger partial charge in [-0.25, -0.2) is 0 Å². The molecular formula is C24H25ClN4O4. The Morgan fingerprint density at radius 1 is 1.21 bits per heavy atom. The van der Waals surface area contributed by atoms with Gasteiger partial charge in [-0.1, -0.05) is 35.9 Å². The van der Waals surface area contributed by atoms with E-state index in [2.05, 4.69) is 10.2 Å². The lowest BCUT2D eigenvalue weighted by molar-refractivity contribution is -0.138. The maximum atomic E-state index is 13.4. The Balaban J connectivity index is 1.50. The summed E-state index contributed by atoms with van der Waals surface area (Å²) in [4.78, 5) is 29.4. The summed E-state index contributed by atoms with van der Waals surface area (Å²) >= 11 is 6.22. The molecule has 0 saturated carbocycles. The largest absolute Gasteiger partial charge is 0.495 e. The molecule has 172 valence electrons. The maximum Gasteiger partial charge on any atom is 0.249 e. The molecule has 0 bridgehead atoms. The van der Waals surface area contributed by atoms with E-state index in [0.717, 1.165) is 0 Å². The van der Waals surface area contributed by atoms with E-state index in [0.29, 0.717) is 33.8 Å². The number of amides is 2. The predicted molar refractivity (Wildman–Crippen MR) is 124 cm³/mol. The van der Waals surface area contributed by atoms with Crippen molar-refractivity contribution in [2.24, 2.45) is 5.92 Å². The quantitative estimate of drug-likeness (QED) is 0.516. The summed E-state index contributed by atoms with van der Waals surface area (Å²) < 4.78 is 11.2. The average molecular weight is 469 g/mol. The molecule has 3 aromatic rings. The van der Waals surface area contributed by atoms with E-state index in [1.54, 1.807) is 35.1 Å². The summed E-state index contributed by atoms with van der Waals surface area (Å²) in [5.41, 5.74) is 1.30. The fraction of sp³-hybridized carbons (Fsp3) is 0.333. The molecular weight excluding hydrogens is 444 g/mol. The molecule has 33 heavy (non-hydrogen) atoms. The summed E-state index contributed by atoms with van der Waals surface area (Å²) in [6, 6.07) is 14.4. The van der Waals surface area contributed by atoms with E-state index in [-0.39, 0.29) is 37.4 Å². The van der Waals surface area contributed by atoms with E-state index in [4.69, 9.17) is 20.8 Å². The first-order valence-corrected chi connectivity index (χ1v) is 11.1. The highest BCUT2D eigenvalue weighted by Crippen LogP contribution is 2.34. The Morgan fingerprint density at radius 2 is 1.94 bits per heavy atom. The van der Waals surface area contributed by atoms with Crippen molar-refractivity contribution in [2.45, 2.75) is 32.9 Å². The summed E-state index contributed by atoms with van der Waals surface area (Å²) in [5.74, 6) is 0.477. The summed E-state index contributed by atoms with van der Waals surface area (Å²) in [7, 11) is 1.56. The third kappa shape index (κ3) is 4.71. The molecule has 0 radical (unpaired) electrons. The van der Waals surface area contributed by atoms with E-state index >= 15 is 0 Å². The number of aromatic nitrogens is 2. The van der Waals surface area contributed by atoms with Crippen molar-refractivity contribution in [3.63, 3.8) is 0 Å². The number of rotatable bonds is 7. The molecule has 1 aliphatic heterocycles. The number of hydrogen-bond acceptors (Lipinski definition) is 6. The standard InChI is InChI=1S/C24H25ClN4O4/c1-15(2)28(14-21-26-27-23(33-21)17-8-4-5-9-18(17)25)24(31)16-12-22(30)29(13-16)19-10-6-7-11-20(19)32-3/h4-11,15-16H,12-14H2,1-3H3. The highest BCUT2D eigenvalue weighted by molar-refractivity contribution is 6.33. The number of halogens is 1. The highest BCUT2D eigenvalue weighted by Gasteiger charge is 2.39. The van der Waals surface area contributed by atoms with Crippen molar-refractivity contribution in [1.29, 1.82) is 0 Å². The fourth-order valence-corrected chi connectivity index (χ4v) is 4.13. The Hall–Kier alpha value is -3.39. The van der Waals surface area contributed by atoms with Crippen LogP contribution in [-0.4, -0.2) is 46.6 Å². The van der Waals surface area contributed by atoms with E-state index in [1.807, 2.05) is 44.2 Å². The molecule has 2 aromatic carbocycles. The lowest BCUT2D eigenvalue weighted by Gasteiger charge is -2.28. The molecule has 1 fully saturated rings. The Labute approximate surface area is 197 Å². The van der Waals surface area contributed by atoms with Crippen LogP contribution in [0.25, 0.3) is 11.5 Å². The van der Waals surface area contributed by atoms with Gasteiger partial charge in [-0.3, -0.25) is 9.59 Å². The Kier molecular flexibility index (Phi) is 6.65. The van der Waals surface area contributed by atoms with Crippen molar-refractivity contribution in [3.05, 3.63) is 59.4 Å². The molecule has 1 saturated heterocycles. The van der Waals surface area contributed by atoms with Gasteiger partial charge in [0.25, 0.3) is 0 Å². The molecule has 0 N–H and O–H groups in total. The van der Waals surface area contributed by atoms with Crippen LogP contribution in [0.15, 0.2) is 52.9 Å². The minimum atomic E-state index is -0.476. The normalized spacial score (nSPS) is 15.8. The number of para-hydroxylation sites is 2. The number of carbonyl (C=O) groups excluding carboxylic acids is 2. The van der Waals surface area contributed by atoms with Gasteiger partial charge in [0.1, 0.15) is 5.75 Å². The number of anilines is 1. The molecule has 9 heteroatoms. The van der Waals surface area contributed by atoms with Crippen LogP contribution in [0.2, 0.25) is 5.02 Å². The molecule has 4 rings (SSSR count). The zero-order valence-corrected chi connectivity index (χ0v) is 19.5. The minimum Gasteiger partial charge on any atom is -0.495 e. The third-order valence-electron chi connectivity index (χ3n) is 5.63. The van der Waals surface area contributed by atoms with Gasteiger partial charge >= 0.3 is 0 Å². The first-order chi connectivity index (χ1) is 15.9. The van der Waals surface area contributed by atoms with E-state index in [1.165, 1.54) is 0 Å². The van der Waals surface area contributed by atoms with Crippen molar-refractivity contribution in [1.82, 2.24) is 15.1 Å². The highest BCUT2D eigenvalue weighted by atomic mass is 35.5. The maximum absolute atomic E-state index is 13.4. The van der Waals surface area contributed by atoms with Crippen LogP contribution >= 0.6 is 11.6 Å². The zero-order chi connectivity index (χ0) is 23.5.